The van der Waals surface area contributed by atoms with Gasteiger partial charge in [-0.15, -0.1) is 11.6 Å². The van der Waals surface area contributed by atoms with Gasteiger partial charge in [-0.3, -0.25) is 0 Å². The molecule has 3 heteroatoms. The van der Waals surface area contributed by atoms with Crippen molar-refractivity contribution in [3.8, 4) is 0 Å². The van der Waals surface area contributed by atoms with Gasteiger partial charge in [-0.1, -0.05) is 28.1 Å². The quantitative estimate of drug-likeness (QED) is 0.602. The van der Waals surface area contributed by atoms with Crippen molar-refractivity contribution in [1.82, 2.24) is 0 Å². The Labute approximate surface area is 126 Å². The van der Waals surface area contributed by atoms with Crippen LogP contribution in [-0.4, -0.2) is 0 Å². The maximum Gasteiger partial charge on any atom is 0.123 e. The molecule has 1 atom stereocenters. The molecule has 0 nitrogen and oxygen atoms in total. The summed E-state index contributed by atoms with van der Waals surface area (Å²) >= 11 is 10.1. The van der Waals surface area contributed by atoms with Gasteiger partial charge in [-0.05, 0) is 66.8 Å². The van der Waals surface area contributed by atoms with Crippen molar-refractivity contribution in [2.24, 2.45) is 0 Å². The molecular weight excluding hydrogens is 327 g/mol. The normalized spacial score (nSPS) is 12.5. The van der Waals surface area contributed by atoms with Crippen LogP contribution >= 0.6 is 27.5 Å². The number of halogens is 3. The first kappa shape index (κ1) is 14.5. The molecule has 0 amide bonds. The predicted molar refractivity (Wildman–Crippen MR) is 82.4 cm³/mol. The molecule has 0 aromatic heterocycles. The van der Waals surface area contributed by atoms with Crippen LogP contribution in [0.3, 0.4) is 0 Å². The molecule has 19 heavy (non-hydrogen) atoms. The lowest BCUT2D eigenvalue weighted by Crippen LogP contribution is -2.02. The Morgan fingerprint density at radius 2 is 1.68 bits per heavy atom. The third-order valence-corrected chi connectivity index (χ3v) is 4.71. The summed E-state index contributed by atoms with van der Waals surface area (Å²) in [6.45, 7) is 5.82. The van der Waals surface area contributed by atoms with E-state index in [9.17, 15) is 4.39 Å². The Morgan fingerprint density at radius 1 is 1.11 bits per heavy atom. The zero-order valence-electron chi connectivity index (χ0n) is 11.1. The number of rotatable bonds is 2. The summed E-state index contributed by atoms with van der Waals surface area (Å²) in [6, 6.07) is 9.04. The van der Waals surface area contributed by atoms with Crippen LogP contribution in [0.2, 0.25) is 0 Å². The van der Waals surface area contributed by atoms with E-state index in [2.05, 4.69) is 15.9 Å². The van der Waals surface area contributed by atoms with Crippen LogP contribution < -0.4 is 0 Å². The van der Waals surface area contributed by atoms with Gasteiger partial charge < -0.3 is 0 Å². The standard InChI is InChI=1S/C16H15BrClF/c1-9-7-12(19)8-10(2)15(9)16(18)13-5-4-6-14(17)11(13)3/h4-8,16H,1-3H3. The second kappa shape index (κ2) is 5.64. The third-order valence-electron chi connectivity index (χ3n) is 3.39. The van der Waals surface area contributed by atoms with E-state index in [4.69, 9.17) is 11.6 Å². The topological polar surface area (TPSA) is 0 Å². The van der Waals surface area contributed by atoms with E-state index in [1.165, 1.54) is 12.1 Å². The molecule has 0 fully saturated rings. The third kappa shape index (κ3) is 2.85. The van der Waals surface area contributed by atoms with E-state index in [-0.39, 0.29) is 11.2 Å². The summed E-state index contributed by atoms with van der Waals surface area (Å²) < 4.78 is 14.4. The second-order valence-electron chi connectivity index (χ2n) is 4.77. The summed E-state index contributed by atoms with van der Waals surface area (Å²) in [7, 11) is 0. The van der Waals surface area contributed by atoms with Gasteiger partial charge in [0, 0.05) is 4.47 Å². The minimum absolute atomic E-state index is 0.214. The van der Waals surface area contributed by atoms with Crippen LogP contribution in [0.4, 0.5) is 4.39 Å². The molecule has 0 aliphatic rings. The van der Waals surface area contributed by atoms with Crippen LogP contribution in [0.25, 0.3) is 0 Å². The SMILES string of the molecule is Cc1cc(F)cc(C)c1C(Cl)c1cccc(Br)c1C. The van der Waals surface area contributed by atoms with Crippen molar-refractivity contribution >= 4 is 27.5 Å². The van der Waals surface area contributed by atoms with Gasteiger partial charge >= 0.3 is 0 Å². The molecule has 2 aromatic rings. The second-order valence-corrected chi connectivity index (χ2v) is 6.06. The van der Waals surface area contributed by atoms with Crippen molar-refractivity contribution in [3.05, 3.63) is 68.4 Å². The van der Waals surface area contributed by atoms with E-state index in [0.717, 1.165) is 32.3 Å². The highest BCUT2D eigenvalue weighted by Crippen LogP contribution is 2.37. The molecule has 2 aromatic carbocycles. The Hall–Kier alpha value is -0.860. The zero-order chi connectivity index (χ0) is 14.2. The van der Waals surface area contributed by atoms with Crippen molar-refractivity contribution in [3.63, 3.8) is 0 Å². The summed E-state index contributed by atoms with van der Waals surface area (Å²) in [4.78, 5) is 0. The zero-order valence-corrected chi connectivity index (χ0v) is 13.4. The van der Waals surface area contributed by atoms with E-state index < -0.39 is 0 Å². The van der Waals surface area contributed by atoms with Gasteiger partial charge in [0.25, 0.3) is 0 Å². The maximum atomic E-state index is 13.4. The first-order chi connectivity index (χ1) is 8.91. The van der Waals surface area contributed by atoms with Crippen LogP contribution in [0, 0.1) is 26.6 Å². The van der Waals surface area contributed by atoms with Crippen molar-refractivity contribution in [1.29, 1.82) is 0 Å². The lowest BCUT2D eigenvalue weighted by atomic mass is 9.93. The molecule has 0 spiro atoms. The van der Waals surface area contributed by atoms with Gasteiger partial charge in [0.05, 0.1) is 5.38 Å². The van der Waals surface area contributed by atoms with Gasteiger partial charge in [0.1, 0.15) is 5.82 Å². The minimum atomic E-state index is -0.266. The molecule has 0 N–H and O–H groups in total. The first-order valence-corrected chi connectivity index (χ1v) is 7.30. The Bertz CT molecular complexity index is 599. The molecule has 0 saturated carbocycles. The number of hydrogen-bond donors (Lipinski definition) is 0. The molecule has 0 aliphatic carbocycles. The fourth-order valence-corrected chi connectivity index (χ4v) is 3.34. The average Bonchev–Trinajstić information content (AvgIpc) is 2.31. The largest absolute Gasteiger partial charge is 0.207 e. The molecule has 1 unspecified atom stereocenters. The van der Waals surface area contributed by atoms with E-state index in [1.807, 2.05) is 39.0 Å². The minimum Gasteiger partial charge on any atom is -0.207 e. The lowest BCUT2D eigenvalue weighted by molar-refractivity contribution is 0.624. The van der Waals surface area contributed by atoms with Gasteiger partial charge in [0.2, 0.25) is 0 Å². The van der Waals surface area contributed by atoms with Crippen molar-refractivity contribution < 1.29 is 4.39 Å². The predicted octanol–water partition coefficient (Wildman–Crippen LogP) is 5.84. The highest BCUT2D eigenvalue weighted by molar-refractivity contribution is 9.10. The first-order valence-electron chi connectivity index (χ1n) is 6.07. The lowest BCUT2D eigenvalue weighted by Gasteiger charge is -2.19. The van der Waals surface area contributed by atoms with Crippen molar-refractivity contribution in [2.75, 3.05) is 0 Å². The fraction of sp³-hybridized carbons (Fsp3) is 0.250. The van der Waals surface area contributed by atoms with Crippen LogP contribution in [0.1, 0.15) is 33.2 Å². The molecule has 0 aliphatic heterocycles. The molecule has 0 radical (unpaired) electrons. The Balaban J connectivity index is 2.56. The number of aryl methyl sites for hydroxylation is 2. The number of hydrogen-bond acceptors (Lipinski definition) is 0. The molecule has 0 heterocycles. The Morgan fingerprint density at radius 3 is 2.26 bits per heavy atom. The van der Waals surface area contributed by atoms with E-state index >= 15 is 0 Å². The number of benzene rings is 2. The monoisotopic (exact) mass is 340 g/mol. The fourth-order valence-electron chi connectivity index (χ4n) is 2.38. The summed E-state index contributed by atoms with van der Waals surface area (Å²) in [5.74, 6) is -0.214. The average molecular weight is 342 g/mol. The molecule has 100 valence electrons. The highest BCUT2D eigenvalue weighted by Gasteiger charge is 2.19. The van der Waals surface area contributed by atoms with Gasteiger partial charge in [0.15, 0.2) is 0 Å². The highest BCUT2D eigenvalue weighted by atomic mass is 79.9. The van der Waals surface area contributed by atoms with Gasteiger partial charge in [-0.25, -0.2) is 4.39 Å². The number of alkyl halides is 1. The maximum absolute atomic E-state index is 13.4. The smallest absolute Gasteiger partial charge is 0.123 e. The van der Waals surface area contributed by atoms with Gasteiger partial charge in [-0.2, -0.15) is 0 Å². The van der Waals surface area contributed by atoms with Crippen LogP contribution in [0.15, 0.2) is 34.8 Å². The summed E-state index contributed by atoms with van der Waals surface area (Å²) in [5.41, 5.74) is 4.93. The van der Waals surface area contributed by atoms with E-state index in [0.29, 0.717) is 0 Å². The molecule has 0 saturated heterocycles. The molecule has 0 bridgehead atoms. The van der Waals surface area contributed by atoms with Crippen molar-refractivity contribution in [2.45, 2.75) is 26.1 Å². The molecule has 2 rings (SSSR count). The summed E-state index contributed by atoms with van der Waals surface area (Å²) in [5, 5.41) is -0.266. The Kier molecular flexibility index (Phi) is 4.32. The summed E-state index contributed by atoms with van der Waals surface area (Å²) in [6.07, 6.45) is 0. The van der Waals surface area contributed by atoms with Crippen LogP contribution in [-0.2, 0) is 0 Å². The van der Waals surface area contributed by atoms with Crippen LogP contribution in [0.5, 0.6) is 0 Å². The molecular formula is C16H15BrClF. The van der Waals surface area contributed by atoms with E-state index in [1.54, 1.807) is 0 Å².